The van der Waals surface area contributed by atoms with Crippen molar-refractivity contribution in [3.8, 4) is 11.1 Å². The van der Waals surface area contributed by atoms with E-state index in [-0.39, 0.29) is 6.54 Å². The number of carbonyl (C=O) groups excluding carboxylic acids is 4. The number of anilines is 1. The van der Waals surface area contributed by atoms with Gasteiger partial charge in [-0.3, -0.25) is 19.3 Å². The predicted octanol–water partition coefficient (Wildman–Crippen LogP) is 2.10. The van der Waals surface area contributed by atoms with E-state index >= 15 is 0 Å². The Bertz CT molecular complexity index is 879. The minimum absolute atomic E-state index is 0.0817. The largest absolute Gasteiger partial charge is 0.334 e. The van der Waals surface area contributed by atoms with Crippen molar-refractivity contribution in [3.05, 3.63) is 54.6 Å². The number of imide groups is 2. The highest BCUT2D eigenvalue weighted by Crippen LogP contribution is 2.27. The van der Waals surface area contributed by atoms with Crippen LogP contribution in [0.4, 0.5) is 10.5 Å². The van der Waals surface area contributed by atoms with Gasteiger partial charge in [-0.15, -0.1) is 0 Å². The molecule has 0 saturated carbocycles. The Hall–Kier alpha value is -3.48. The predicted molar refractivity (Wildman–Crippen MR) is 95.0 cm³/mol. The SMILES string of the molecule is CCN1C(=O)C(=O)N(CC(=O)Nc2ccccc2-c2ccccc2)C1=O. The summed E-state index contributed by atoms with van der Waals surface area (Å²) in [6, 6.07) is 15.9. The Balaban J connectivity index is 1.77. The Labute approximate surface area is 150 Å². The van der Waals surface area contributed by atoms with Crippen molar-refractivity contribution in [2.24, 2.45) is 0 Å². The van der Waals surface area contributed by atoms with Gasteiger partial charge in [0.15, 0.2) is 0 Å². The number of rotatable bonds is 5. The summed E-state index contributed by atoms with van der Waals surface area (Å²) in [7, 11) is 0. The second-order valence-corrected chi connectivity index (χ2v) is 5.68. The summed E-state index contributed by atoms with van der Waals surface area (Å²) < 4.78 is 0. The third-order valence-electron chi connectivity index (χ3n) is 4.04. The normalized spacial score (nSPS) is 14.1. The highest BCUT2D eigenvalue weighted by Gasteiger charge is 2.44. The molecular weight excluding hydrogens is 334 g/mol. The number of para-hydroxylation sites is 1. The van der Waals surface area contributed by atoms with Gasteiger partial charge in [-0.1, -0.05) is 48.5 Å². The monoisotopic (exact) mass is 351 g/mol. The molecule has 0 spiro atoms. The van der Waals surface area contributed by atoms with Crippen molar-refractivity contribution < 1.29 is 19.2 Å². The molecule has 3 rings (SSSR count). The lowest BCUT2D eigenvalue weighted by Gasteiger charge is -2.15. The van der Waals surface area contributed by atoms with E-state index in [1.807, 2.05) is 42.5 Å². The number of benzene rings is 2. The smallest absolute Gasteiger partial charge is 0.324 e. The van der Waals surface area contributed by atoms with Gasteiger partial charge >= 0.3 is 17.8 Å². The molecule has 0 unspecified atom stereocenters. The van der Waals surface area contributed by atoms with Crippen LogP contribution < -0.4 is 5.32 Å². The Morgan fingerprint density at radius 1 is 0.885 bits per heavy atom. The molecule has 5 amide bonds. The van der Waals surface area contributed by atoms with Gasteiger partial charge < -0.3 is 5.32 Å². The summed E-state index contributed by atoms with van der Waals surface area (Å²) in [5, 5.41) is 2.71. The van der Waals surface area contributed by atoms with E-state index in [0.29, 0.717) is 10.6 Å². The molecule has 1 N–H and O–H groups in total. The van der Waals surface area contributed by atoms with E-state index in [4.69, 9.17) is 0 Å². The minimum atomic E-state index is -0.983. The van der Waals surface area contributed by atoms with Gasteiger partial charge in [-0.2, -0.15) is 0 Å². The lowest BCUT2D eigenvalue weighted by Crippen LogP contribution is -2.39. The standard InChI is InChI=1S/C19H17N3O4/c1-2-21-17(24)18(25)22(19(21)26)12-16(23)20-15-11-7-6-10-14(15)13-8-4-3-5-9-13/h3-11H,2,12H2,1H3,(H,20,23). The third kappa shape index (κ3) is 3.19. The van der Waals surface area contributed by atoms with E-state index < -0.39 is 30.3 Å². The molecular formula is C19H17N3O4. The lowest BCUT2D eigenvalue weighted by atomic mass is 10.0. The van der Waals surface area contributed by atoms with Crippen LogP contribution >= 0.6 is 0 Å². The highest BCUT2D eigenvalue weighted by atomic mass is 16.2. The van der Waals surface area contributed by atoms with Crippen LogP contribution in [0.2, 0.25) is 0 Å². The van der Waals surface area contributed by atoms with E-state index in [9.17, 15) is 19.2 Å². The molecule has 2 aromatic rings. The number of nitrogens with zero attached hydrogens (tertiary/aromatic N) is 2. The van der Waals surface area contributed by atoms with Gasteiger partial charge in [0.05, 0.1) is 0 Å². The zero-order valence-electron chi connectivity index (χ0n) is 14.1. The molecule has 0 radical (unpaired) electrons. The molecule has 0 aromatic heterocycles. The molecule has 7 nitrogen and oxygen atoms in total. The van der Waals surface area contributed by atoms with Crippen molar-refractivity contribution in [2.75, 3.05) is 18.4 Å². The summed E-state index contributed by atoms with van der Waals surface area (Å²) in [5.41, 5.74) is 2.29. The number of nitrogens with one attached hydrogen (secondary N) is 1. The number of hydrogen-bond acceptors (Lipinski definition) is 4. The number of likely N-dealkylation sites (N-methyl/N-ethyl adjacent to an activating group) is 1. The summed E-state index contributed by atoms with van der Waals surface area (Å²) in [5.74, 6) is -2.45. The average Bonchev–Trinajstić information content (AvgIpc) is 2.86. The van der Waals surface area contributed by atoms with Crippen molar-refractivity contribution >= 4 is 29.4 Å². The van der Waals surface area contributed by atoms with Crippen LogP contribution in [-0.2, 0) is 14.4 Å². The second-order valence-electron chi connectivity index (χ2n) is 5.68. The van der Waals surface area contributed by atoms with Crippen LogP contribution in [0.1, 0.15) is 6.92 Å². The Morgan fingerprint density at radius 3 is 2.15 bits per heavy atom. The fourth-order valence-electron chi connectivity index (χ4n) is 2.76. The maximum atomic E-state index is 12.4. The summed E-state index contributed by atoms with van der Waals surface area (Å²) in [6.07, 6.45) is 0. The van der Waals surface area contributed by atoms with E-state index in [2.05, 4.69) is 5.32 Å². The molecule has 1 aliphatic rings. The van der Waals surface area contributed by atoms with Gasteiger partial charge in [0.25, 0.3) is 0 Å². The van der Waals surface area contributed by atoms with Gasteiger partial charge in [-0.25, -0.2) is 9.69 Å². The van der Waals surface area contributed by atoms with Crippen LogP contribution in [0.3, 0.4) is 0 Å². The van der Waals surface area contributed by atoms with Gasteiger partial charge in [0.2, 0.25) is 5.91 Å². The molecule has 1 fully saturated rings. The van der Waals surface area contributed by atoms with Crippen molar-refractivity contribution in [3.63, 3.8) is 0 Å². The lowest BCUT2D eigenvalue weighted by molar-refractivity contribution is -0.143. The fourth-order valence-corrected chi connectivity index (χ4v) is 2.76. The molecule has 7 heteroatoms. The zero-order valence-corrected chi connectivity index (χ0v) is 14.1. The Morgan fingerprint density at radius 2 is 1.50 bits per heavy atom. The molecule has 1 aliphatic heterocycles. The summed E-state index contributed by atoms with van der Waals surface area (Å²) >= 11 is 0. The fraction of sp³-hybridized carbons (Fsp3) is 0.158. The van der Waals surface area contributed by atoms with Gasteiger partial charge in [-0.05, 0) is 18.6 Å². The maximum absolute atomic E-state index is 12.4. The number of urea groups is 1. The molecule has 0 aliphatic carbocycles. The first kappa shape index (κ1) is 17.3. The summed E-state index contributed by atoms with van der Waals surface area (Å²) in [4.78, 5) is 49.5. The molecule has 0 bridgehead atoms. The minimum Gasteiger partial charge on any atom is -0.324 e. The molecule has 132 valence electrons. The molecule has 2 aromatic carbocycles. The summed E-state index contributed by atoms with van der Waals surface area (Å²) in [6.45, 7) is 1.16. The topological polar surface area (TPSA) is 86.8 Å². The molecule has 0 atom stereocenters. The van der Waals surface area contributed by atoms with E-state index in [0.717, 1.165) is 16.0 Å². The zero-order chi connectivity index (χ0) is 18.7. The molecule has 1 saturated heterocycles. The quantitative estimate of drug-likeness (QED) is 0.660. The van der Waals surface area contributed by atoms with Crippen molar-refractivity contribution in [2.45, 2.75) is 6.92 Å². The van der Waals surface area contributed by atoms with Crippen LogP contribution in [0, 0.1) is 0 Å². The average molecular weight is 351 g/mol. The third-order valence-corrected chi connectivity index (χ3v) is 4.04. The van der Waals surface area contributed by atoms with Gasteiger partial charge in [0, 0.05) is 17.8 Å². The number of carbonyl (C=O) groups is 4. The maximum Gasteiger partial charge on any atom is 0.334 e. The van der Waals surface area contributed by atoms with E-state index in [1.54, 1.807) is 19.1 Å². The van der Waals surface area contributed by atoms with Crippen LogP contribution in [0.5, 0.6) is 0 Å². The first-order chi connectivity index (χ1) is 12.5. The number of amides is 5. The first-order valence-corrected chi connectivity index (χ1v) is 8.14. The van der Waals surface area contributed by atoms with Crippen LogP contribution in [0.25, 0.3) is 11.1 Å². The Kier molecular flexibility index (Phi) is 4.79. The molecule has 1 heterocycles. The van der Waals surface area contributed by atoms with Crippen LogP contribution in [-0.4, -0.2) is 46.6 Å². The number of hydrogen-bond donors (Lipinski definition) is 1. The second kappa shape index (κ2) is 7.18. The van der Waals surface area contributed by atoms with Crippen LogP contribution in [0.15, 0.2) is 54.6 Å². The van der Waals surface area contributed by atoms with E-state index in [1.165, 1.54) is 0 Å². The molecule has 26 heavy (non-hydrogen) atoms. The highest BCUT2D eigenvalue weighted by molar-refractivity contribution is 6.45. The van der Waals surface area contributed by atoms with Crippen molar-refractivity contribution in [1.82, 2.24) is 9.80 Å². The first-order valence-electron chi connectivity index (χ1n) is 8.14. The van der Waals surface area contributed by atoms with Crippen molar-refractivity contribution in [1.29, 1.82) is 0 Å². The van der Waals surface area contributed by atoms with Gasteiger partial charge in [0.1, 0.15) is 6.54 Å².